The van der Waals surface area contributed by atoms with Gasteiger partial charge in [0.1, 0.15) is 0 Å². The lowest BCUT2D eigenvalue weighted by Crippen LogP contribution is -2.12. The Bertz CT molecular complexity index is 1030. The van der Waals surface area contributed by atoms with E-state index in [0.717, 1.165) is 0 Å². The monoisotopic (exact) mass is 415 g/mol. The summed E-state index contributed by atoms with van der Waals surface area (Å²) < 4.78 is 63.9. The molecule has 0 saturated carbocycles. The van der Waals surface area contributed by atoms with Crippen molar-refractivity contribution < 1.29 is 21.6 Å². The Kier molecular flexibility index (Phi) is 4.19. The minimum atomic E-state index is -4.71. The number of aromatic nitrogens is 2. The molecule has 0 aliphatic rings. The molecule has 0 spiro atoms. The van der Waals surface area contributed by atoms with Crippen LogP contribution in [0.15, 0.2) is 28.7 Å². The van der Waals surface area contributed by atoms with Gasteiger partial charge in [0.2, 0.25) is 0 Å². The van der Waals surface area contributed by atoms with E-state index in [1.165, 1.54) is 18.3 Å². The van der Waals surface area contributed by atoms with Gasteiger partial charge in [-0.1, -0.05) is 34.5 Å². The van der Waals surface area contributed by atoms with E-state index in [2.05, 4.69) is 14.7 Å². The van der Waals surface area contributed by atoms with Crippen molar-refractivity contribution in [2.45, 2.75) is 10.4 Å². The molecule has 3 aromatic rings. The molecule has 2 N–H and O–H groups in total. The first kappa shape index (κ1) is 17.3. The third-order valence-electron chi connectivity index (χ3n) is 2.97. The maximum Gasteiger partial charge on any atom is 0.443 e. The minimum Gasteiger partial charge on any atom is -0.358 e. The largest absolute Gasteiger partial charge is 0.443 e. The summed E-state index contributed by atoms with van der Waals surface area (Å²) in [5.74, 6) is 0. The smallest absolute Gasteiger partial charge is 0.358 e. The number of aromatic amines is 1. The van der Waals surface area contributed by atoms with Gasteiger partial charge in [-0.2, -0.15) is 13.2 Å². The molecule has 128 valence electrons. The zero-order valence-electron chi connectivity index (χ0n) is 11.3. The van der Waals surface area contributed by atoms with Crippen LogP contribution in [-0.4, -0.2) is 18.4 Å². The molecule has 24 heavy (non-hydrogen) atoms. The van der Waals surface area contributed by atoms with E-state index in [-0.39, 0.29) is 22.0 Å². The topological polar surface area (TPSA) is 74.8 Å². The zero-order chi connectivity index (χ0) is 17.7. The maximum atomic E-state index is 12.6. The van der Waals surface area contributed by atoms with Crippen LogP contribution in [-0.2, 0) is 16.2 Å². The van der Waals surface area contributed by atoms with Crippen LogP contribution in [0.2, 0.25) is 10.0 Å². The van der Waals surface area contributed by atoms with Crippen LogP contribution < -0.4 is 4.72 Å². The Labute approximate surface area is 147 Å². The molecule has 3 rings (SSSR count). The molecule has 0 radical (unpaired) electrons. The van der Waals surface area contributed by atoms with E-state index in [1.807, 2.05) is 0 Å². The van der Waals surface area contributed by atoms with E-state index >= 15 is 0 Å². The molecule has 0 fully saturated rings. The van der Waals surface area contributed by atoms with E-state index < -0.39 is 25.4 Å². The molecule has 5 nitrogen and oxygen atoms in total. The number of benzene rings is 1. The van der Waals surface area contributed by atoms with Gasteiger partial charge in [-0.15, -0.1) is 0 Å². The van der Waals surface area contributed by atoms with Gasteiger partial charge in [-0.25, -0.2) is 13.4 Å². The van der Waals surface area contributed by atoms with Crippen LogP contribution in [0.5, 0.6) is 0 Å². The van der Waals surface area contributed by atoms with Crippen LogP contribution in [0.1, 0.15) is 5.01 Å². The number of nitrogens with zero attached hydrogens (tertiary/aromatic N) is 1. The van der Waals surface area contributed by atoms with Crippen LogP contribution in [0, 0.1) is 0 Å². The van der Waals surface area contributed by atoms with Crippen molar-refractivity contribution in [1.29, 1.82) is 0 Å². The Balaban J connectivity index is 2.02. The summed E-state index contributed by atoms with van der Waals surface area (Å²) in [4.78, 5) is 5.87. The molecule has 2 heterocycles. The van der Waals surface area contributed by atoms with E-state index in [0.29, 0.717) is 22.1 Å². The number of hydrogen-bond acceptors (Lipinski definition) is 4. The van der Waals surface area contributed by atoms with Gasteiger partial charge < -0.3 is 4.98 Å². The highest BCUT2D eigenvalue weighted by atomic mass is 35.5. The molecule has 0 bridgehead atoms. The fraction of sp³-hybridized carbons (Fsp3) is 0.0833. The van der Waals surface area contributed by atoms with Gasteiger partial charge in [-0.3, -0.25) is 4.72 Å². The Morgan fingerprint density at radius 2 is 1.92 bits per heavy atom. The number of nitrogens with one attached hydrogen (secondary N) is 2. The molecule has 1 aromatic carbocycles. The van der Waals surface area contributed by atoms with Gasteiger partial charge in [-0.05, 0) is 12.1 Å². The summed E-state index contributed by atoms with van der Waals surface area (Å²) in [5, 5.41) is -0.254. The van der Waals surface area contributed by atoms with E-state index in [9.17, 15) is 21.6 Å². The molecule has 12 heteroatoms. The molecule has 0 aliphatic heterocycles. The van der Waals surface area contributed by atoms with Crippen molar-refractivity contribution in [3.63, 3.8) is 0 Å². The third-order valence-corrected chi connectivity index (χ3v) is 6.45. The lowest BCUT2D eigenvalue weighted by molar-refractivity contribution is -0.137. The first-order valence-corrected chi connectivity index (χ1v) is 9.16. The second-order valence-electron chi connectivity index (χ2n) is 4.57. The lowest BCUT2D eigenvalue weighted by atomic mass is 10.2. The second-order valence-corrected chi connectivity index (χ2v) is 8.32. The Morgan fingerprint density at radius 1 is 1.21 bits per heavy atom. The second kappa shape index (κ2) is 5.80. The zero-order valence-corrected chi connectivity index (χ0v) is 14.4. The average Bonchev–Trinajstić information content (AvgIpc) is 3.09. The van der Waals surface area contributed by atoms with Crippen molar-refractivity contribution in [2.24, 2.45) is 0 Å². The molecular formula is C12H6Cl2F3N3O2S2. The minimum absolute atomic E-state index is 0.0309. The van der Waals surface area contributed by atoms with Gasteiger partial charge in [0.25, 0.3) is 10.0 Å². The fourth-order valence-corrected chi connectivity index (χ4v) is 4.59. The summed E-state index contributed by atoms with van der Waals surface area (Å²) in [6.07, 6.45) is -2.63. The predicted octanol–water partition coefficient (Wildman–Crippen LogP) is 4.75. The highest BCUT2D eigenvalue weighted by molar-refractivity contribution is 7.94. The van der Waals surface area contributed by atoms with Gasteiger partial charge in [0.05, 0.1) is 27.4 Å². The standard InChI is InChI=1S/C12H6Cl2F3N3O2S2/c13-5-1-2-7(10-9(5)6(14)3-18-10)20-24(21,22)8-4-19-11(23-8)12(15,16)17/h1-4,18,20H. The van der Waals surface area contributed by atoms with Crippen LogP contribution in [0.25, 0.3) is 10.9 Å². The van der Waals surface area contributed by atoms with Crippen LogP contribution in [0.4, 0.5) is 18.9 Å². The SMILES string of the molecule is O=S(=O)(Nc1ccc(Cl)c2c(Cl)c[nH]c12)c1cnc(C(F)(F)F)s1. The predicted molar refractivity (Wildman–Crippen MR) is 86.2 cm³/mol. The number of halogens is 5. The van der Waals surface area contributed by atoms with Crippen molar-refractivity contribution >= 4 is 61.2 Å². The number of anilines is 1. The highest BCUT2D eigenvalue weighted by Gasteiger charge is 2.36. The molecule has 0 amide bonds. The number of rotatable bonds is 3. The summed E-state index contributed by atoms with van der Waals surface area (Å²) in [6, 6.07) is 2.80. The van der Waals surface area contributed by atoms with Crippen molar-refractivity contribution in [3.8, 4) is 0 Å². The first-order valence-electron chi connectivity index (χ1n) is 6.10. The molecule has 0 unspecified atom stereocenters. The van der Waals surface area contributed by atoms with Crippen molar-refractivity contribution in [3.05, 3.63) is 39.6 Å². The van der Waals surface area contributed by atoms with Crippen LogP contribution >= 0.6 is 34.5 Å². The van der Waals surface area contributed by atoms with Crippen molar-refractivity contribution in [1.82, 2.24) is 9.97 Å². The number of hydrogen-bond donors (Lipinski definition) is 2. The lowest BCUT2D eigenvalue weighted by Gasteiger charge is -2.08. The summed E-state index contributed by atoms with van der Waals surface area (Å²) in [7, 11) is -4.25. The number of alkyl halides is 3. The molecule has 0 saturated heterocycles. The Hall–Kier alpha value is -1.49. The van der Waals surface area contributed by atoms with Gasteiger partial charge >= 0.3 is 6.18 Å². The first-order chi connectivity index (χ1) is 11.1. The van der Waals surface area contributed by atoms with Crippen LogP contribution in [0.3, 0.4) is 0 Å². The summed E-state index contributed by atoms with van der Waals surface area (Å²) in [6.45, 7) is 0. The van der Waals surface area contributed by atoms with Gasteiger partial charge in [0, 0.05) is 11.6 Å². The molecule has 0 aliphatic carbocycles. The van der Waals surface area contributed by atoms with Gasteiger partial charge in [0.15, 0.2) is 9.22 Å². The molecule has 2 aromatic heterocycles. The quantitative estimate of drug-likeness (QED) is 0.647. The van der Waals surface area contributed by atoms with Crippen molar-refractivity contribution in [2.75, 3.05) is 4.72 Å². The number of H-pyrrole nitrogens is 1. The van der Waals surface area contributed by atoms with E-state index in [1.54, 1.807) is 0 Å². The molecular weight excluding hydrogens is 410 g/mol. The summed E-state index contributed by atoms with van der Waals surface area (Å²) in [5.41, 5.74) is 0.417. The Morgan fingerprint density at radius 3 is 2.54 bits per heavy atom. The summed E-state index contributed by atoms with van der Waals surface area (Å²) >= 11 is 12.0. The number of sulfonamides is 1. The highest BCUT2D eigenvalue weighted by Crippen LogP contribution is 2.37. The average molecular weight is 416 g/mol. The maximum absolute atomic E-state index is 12.6. The normalized spacial score (nSPS) is 12.7. The number of fused-ring (bicyclic) bond motifs is 1. The number of thiazole rings is 1. The third kappa shape index (κ3) is 3.06. The fourth-order valence-electron chi connectivity index (χ4n) is 1.96. The van der Waals surface area contributed by atoms with E-state index in [4.69, 9.17) is 23.2 Å². The molecule has 0 atom stereocenters.